The highest BCUT2D eigenvalue weighted by Crippen LogP contribution is 2.25. The van der Waals surface area contributed by atoms with Crippen molar-refractivity contribution in [3.8, 4) is 0 Å². The van der Waals surface area contributed by atoms with Gasteiger partial charge in [-0.15, -0.1) is 0 Å². The number of aliphatic hydroxyl groups is 1. The molecule has 0 spiro atoms. The van der Waals surface area contributed by atoms with Gasteiger partial charge in [0.15, 0.2) is 0 Å². The van der Waals surface area contributed by atoms with Crippen LogP contribution in [0.1, 0.15) is 46.5 Å². The summed E-state index contributed by atoms with van der Waals surface area (Å²) < 4.78 is 0. The lowest BCUT2D eigenvalue weighted by Gasteiger charge is -2.39. The van der Waals surface area contributed by atoms with Crippen LogP contribution in [0.25, 0.3) is 0 Å². The number of nitrogens with two attached hydrogens (primary N) is 1. The van der Waals surface area contributed by atoms with Crippen LogP contribution < -0.4 is 5.73 Å². The fourth-order valence-corrected chi connectivity index (χ4v) is 6.25. The molecule has 2 aromatic rings. The number of likely N-dealkylation sites (tertiary alicyclic amines) is 2. The zero-order chi connectivity index (χ0) is 29.1. The highest BCUT2D eigenvalue weighted by Gasteiger charge is 2.31. The third kappa shape index (κ3) is 7.15. The Kier molecular flexibility index (Phi) is 9.06. The molecule has 6 rings (SSSR count). The van der Waals surface area contributed by atoms with E-state index in [9.17, 15) is 19.5 Å². The molecule has 220 valence electrons. The minimum absolute atomic E-state index is 0.0279. The number of amides is 3. The highest BCUT2D eigenvalue weighted by molar-refractivity contribution is 5.97. The molecule has 4 aliphatic heterocycles. The molecule has 2 saturated heterocycles. The number of carbonyl (C=O) groups excluding carboxylic acids is 3. The van der Waals surface area contributed by atoms with Crippen molar-refractivity contribution in [2.45, 2.75) is 51.8 Å². The summed E-state index contributed by atoms with van der Waals surface area (Å²) in [5.41, 5.74) is 11.2. The maximum atomic E-state index is 13.2. The van der Waals surface area contributed by atoms with Crippen molar-refractivity contribution in [3.05, 3.63) is 70.3 Å². The Bertz CT molecular complexity index is 1270. The summed E-state index contributed by atoms with van der Waals surface area (Å²) in [5, 5.41) is 10.8. The molecule has 0 aromatic heterocycles. The van der Waals surface area contributed by atoms with E-state index in [-0.39, 0.29) is 23.8 Å². The van der Waals surface area contributed by atoms with Crippen LogP contribution >= 0.6 is 0 Å². The highest BCUT2D eigenvalue weighted by atomic mass is 16.3. The van der Waals surface area contributed by atoms with Crippen LogP contribution in [0.15, 0.2) is 42.5 Å². The van der Waals surface area contributed by atoms with Crippen molar-refractivity contribution in [1.82, 2.24) is 19.6 Å². The number of nitrogens with zero attached hydrogens (tertiary/aromatic N) is 4. The van der Waals surface area contributed by atoms with Crippen LogP contribution in [-0.4, -0.2) is 107 Å². The van der Waals surface area contributed by atoms with Gasteiger partial charge in [0.25, 0.3) is 5.91 Å². The molecule has 4 heterocycles. The van der Waals surface area contributed by atoms with Gasteiger partial charge in [-0.1, -0.05) is 36.4 Å². The van der Waals surface area contributed by atoms with E-state index in [1.54, 1.807) is 18.7 Å². The number of fused-ring (bicyclic) bond motifs is 2. The second-order valence-electron chi connectivity index (χ2n) is 12.1. The number of rotatable bonds is 6. The normalized spacial score (nSPS) is 19.8. The number of β-amino-alcohol motifs (C(OH)–C–C–N with tert-alkyl or cyclic N) is 1. The molecule has 0 saturated carbocycles. The Morgan fingerprint density at radius 1 is 0.902 bits per heavy atom. The average Bonchev–Trinajstić information content (AvgIpc) is 2.90. The quantitative estimate of drug-likeness (QED) is 0.550. The summed E-state index contributed by atoms with van der Waals surface area (Å²) in [5.74, 6) is 0.764. The van der Waals surface area contributed by atoms with Crippen LogP contribution in [-0.2, 0) is 35.4 Å². The first-order valence-corrected chi connectivity index (χ1v) is 14.8. The molecule has 9 nitrogen and oxygen atoms in total. The predicted octanol–water partition coefficient (Wildman–Crippen LogP) is 1.30. The van der Waals surface area contributed by atoms with E-state index < -0.39 is 6.10 Å². The molecule has 9 heteroatoms. The Balaban J connectivity index is 0.000000365. The first-order valence-electron chi connectivity index (χ1n) is 14.8. The van der Waals surface area contributed by atoms with Gasteiger partial charge in [-0.25, -0.2) is 0 Å². The van der Waals surface area contributed by atoms with Gasteiger partial charge < -0.3 is 25.5 Å². The molecule has 0 bridgehead atoms. The summed E-state index contributed by atoms with van der Waals surface area (Å²) in [6.07, 6.45) is 2.17. The number of carbonyl (C=O) groups is 3. The molecule has 2 fully saturated rings. The van der Waals surface area contributed by atoms with Gasteiger partial charge in [0.05, 0.1) is 6.10 Å². The number of aliphatic hydroxyl groups excluding tert-OH is 1. The SMILES string of the molecule is CC(=O)N1CC(Cc2ccc3c(c2)C(=O)N(CC(O)CN2CCc4ccccc4C2)CC3)C1.CC(=O)N1CC(N)C1. The van der Waals surface area contributed by atoms with E-state index in [4.69, 9.17) is 5.73 Å². The van der Waals surface area contributed by atoms with E-state index in [1.165, 1.54) is 11.1 Å². The Labute approximate surface area is 242 Å². The van der Waals surface area contributed by atoms with Gasteiger partial charge in [-0.3, -0.25) is 19.3 Å². The Morgan fingerprint density at radius 3 is 2.22 bits per heavy atom. The lowest BCUT2D eigenvalue weighted by atomic mass is 9.89. The maximum absolute atomic E-state index is 13.2. The topological polar surface area (TPSA) is 110 Å². The lowest BCUT2D eigenvalue weighted by molar-refractivity contribution is -0.135. The van der Waals surface area contributed by atoms with E-state index >= 15 is 0 Å². The molecule has 3 amide bonds. The largest absolute Gasteiger partial charge is 0.390 e. The van der Waals surface area contributed by atoms with Crippen LogP contribution in [0.3, 0.4) is 0 Å². The first kappa shape index (κ1) is 29.2. The van der Waals surface area contributed by atoms with Gasteiger partial charge in [-0.05, 0) is 53.5 Å². The molecular formula is C32H43N5O4. The van der Waals surface area contributed by atoms with E-state index in [1.807, 2.05) is 15.9 Å². The lowest BCUT2D eigenvalue weighted by Crippen LogP contribution is -2.57. The minimum atomic E-state index is -0.559. The molecular weight excluding hydrogens is 518 g/mol. The molecule has 0 aliphatic carbocycles. The number of hydrogen-bond acceptors (Lipinski definition) is 6. The van der Waals surface area contributed by atoms with Gasteiger partial charge in [0.1, 0.15) is 0 Å². The molecule has 41 heavy (non-hydrogen) atoms. The Morgan fingerprint density at radius 2 is 1.56 bits per heavy atom. The Hall–Kier alpha value is -3.27. The summed E-state index contributed by atoms with van der Waals surface area (Å²) in [6, 6.07) is 15.0. The van der Waals surface area contributed by atoms with Crippen molar-refractivity contribution in [2.75, 3.05) is 52.4 Å². The van der Waals surface area contributed by atoms with Crippen molar-refractivity contribution in [3.63, 3.8) is 0 Å². The summed E-state index contributed by atoms with van der Waals surface area (Å²) >= 11 is 0. The summed E-state index contributed by atoms with van der Waals surface area (Å²) in [7, 11) is 0. The van der Waals surface area contributed by atoms with Crippen LogP contribution in [0, 0.1) is 5.92 Å². The first-order chi connectivity index (χ1) is 19.7. The average molecular weight is 562 g/mol. The second kappa shape index (κ2) is 12.7. The monoisotopic (exact) mass is 561 g/mol. The van der Waals surface area contributed by atoms with Crippen molar-refractivity contribution in [1.29, 1.82) is 0 Å². The van der Waals surface area contributed by atoms with Gasteiger partial charge in [0, 0.05) is 84.4 Å². The van der Waals surface area contributed by atoms with E-state index in [0.717, 1.165) is 75.2 Å². The fourth-order valence-electron chi connectivity index (χ4n) is 6.25. The molecule has 2 aromatic carbocycles. The molecule has 1 atom stereocenters. The zero-order valence-electron chi connectivity index (χ0n) is 24.3. The molecule has 3 N–H and O–H groups in total. The van der Waals surface area contributed by atoms with Gasteiger partial charge in [-0.2, -0.15) is 0 Å². The number of benzene rings is 2. The molecule has 4 aliphatic rings. The van der Waals surface area contributed by atoms with E-state index in [0.29, 0.717) is 25.6 Å². The van der Waals surface area contributed by atoms with Crippen LogP contribution in [0.2, 0.25) is 0 Å². The third-order valence-electron chi connectivity index (χ3n) is 8.73. The molecule has 1 unspecified atom stereocenters. The van der Waals surface area contributed by atoms with Crippen LogP contribution in [0.5, 0.6) is 0 Å². The van der Waals surface area contributed by atoms with E-state index in [2.05, 4.69) is 41.3 Å². The maximum Gasteiger partial charge on any atom is 0.254 e. The number of hydrogen-bond donors (Lipinski definition) is 2. The summed E-state index contributed by atoms with van der Waals surface area (Å²) in [6.45, 7) is 9.68. The summed E-state index contributed by atoms with van der Waals surface area (Å²) in [4.78, 5) is 42.8. The van der Waals surface area contributed by atoms with Crippen molar-refractivity contribution in [2.24, 2.45) is 11.7 Å². The van der Waals surface area contributed by atoms with Crippen LogP contribution in [0.4, 0.5) is 0 Å². The van der Waals surface area contributed by atoms with Gasteiger partial charge in [0.2, 0.25) is 11.8 Å². The zero-order valence-corrected chi connectivity index (χ0v) is 24.3. The van der Waals surface area contributed by atoms with Crippen molar-refractivity contribution >= 4 is 17.7 Å². The third-order valence-corrected chi connectivity index (χ3v) is 8.73. The van der Waals surface area contributed by atoms with Crippen molar-refractivity contribution < 1.29 is 19.5 Å². The standard InChI is InChI=1S/C27H33N3O3.C5H10N2O/c1-19(31)30-14-21(15-30)12-20-6-7-23-9-11-29(27(33)26(23)13-20)18-25(32)17-28-10-8-22-4-2-3-5-24(22)16-28;1-4(8)7-2-5(6)3-7/h2-7,13,21,25,32H,8-12,14-18H2,1H3;5H,2-3,6H2,1H3. The molecule has 0 radical (unpaired) electrons. The smallest absolute Gasteiger partial charge is 0.254 e. The van der Waals surface area contributed by atoms with Gasteiger partial charge >= 0.3 is 0 Å². The predicted molar refractivity (Wildman–Crippen MR) is 157 cm³/mol. The fraction of sp³-hybridized carbons (Fsp3) is 0.531. The minimum Gasteiger partial charge on any atom is -0.390 e. The second-order valence-corrected chi connectivity index (χ2v) is 12.1.